The molecule has 0 fully saturated rings. The molecule has 1 heterocycles. The van der Waals surface area contributed by atoms with Crippen molar-refractivity contribution in [1.82, 2.24) is 9.97 Å². The van der Waals surface area contributed by atoms with E-state index in [0.29, 0.717) is 5.56 Å². The Kier molecular flexibility index (Phi) is 2.62. The van der Waals surface area contributed by atoms with E-state index in [2.05, 4.69) is 4.98 Å². The van der Waals surface area contributed by atoms with Crippen LogP contribution in [0.2, 0.25) is 5.02 Å². The number of nitrogens with one attached hydrogen (secondary N) is 2. The predicted molar refractivity (Wildman–Crippen MR) is 58.1 cm³/mol. The van der Waals surface area contributed by atoms with E-state index in [1.807, 2.05) is 4.98 Å². The third-order valence-corrected chi connectivity index (χ3v) is 2.29. The molecule has 82 valence electrons. The number of H-pyrrole nitrogens is 2. The topological polar surface area (TPSA) is 65.7 Å². The second-order valence-corrected chi connectivity index (χ2v) is 3.53. The van der Waals surface area contributed by atoms with Gasteiger partial charge in [-0.15, -0.1) is 0 Å². The minimum Gasteiger partial charge on any atom is -0.307 e. The van der Waals surface area contributed by atoms with Gasteiger partial charge < -0.3 is 4.98 Å². The zero-order chi connectivity index (χ0) is 11.7. The molecule has 1 aromatic heterocycles. The maximum absolute atomic E-state index is 12.8. The van der Waals surface area contributed by atoms with Crippen LogP contribution in [0.5, 0.6) is 0 Å². The zero-order valence-corrected chi connectivity index (χ0v) is 8.64. The summed E-state index contributed by atoms with van der Waals surface area (Å²) in [6.45, 7) is 0. The number of hydrogen-bond donors (Lipinski definition) is 2. The average Bonchev–Trinajstić information content (AvgIpc) is 2.15. The highest BCUT2D eigenvalue weighted by Gasteiger charge is 2.06. The first kappa shape index (κ1) is 10.6. The lowest BCUT2D eigenvalue weighted by molar-refractivity contribution is 0.628. The lowest BCUT2D eigenvalue weighted by Gasteiger charge is -2.03. The van der Waals surface area contributed by atoms with Crippen molar-refractivity contribution in [3.63, 3.8) is 0 Å². The van der Waals surface area contributed by atoms with E-state index in [4.69, 9.17) is 11.6 Å². The molecule has 0 aliphatic heterocycles. The summed E-state index contributed by atoms with van der Waals surface area (Å²) in [6.07, 6.45) is 0. The highest BCUT2D eigenvalue weighted by atomic mass is 35.5. The number of aromatic nitrogens is 2. The van der Waals surface area contributed by atoms with Crippen LogP contribution < -0.4 is 11.2 Å². The Morgan fingerprint density at radius 3 is 2.50 bits per heavy atom. The van der Waals surface area contributed by atoms with Crippen molar-refractivity contribution in [3.8, 4) is 11.3 Å². The molecule has 0 saturated heterocycles. The molecular formula is C10H6ClFN2O2. The largest absolute Gasteiger partial charge is 0.326 e. The minimum atomic E-state index is -0.636. The monoisotopic (exact) mass is 240 g/mol. The van der Waals surface area contributed by atoms with Crippen LogP contribution in [0, 0.1) is 5.82 Å². The Balaban J connectivity index is 2.67. The van der Waals surface area contributed by atoms with E-state index >= 15 is 0 Å². The van der Waals surface area contributed by atoms with Crippen LogP contribution in [0.25, 0.3) is 11.3 Å². The van der Waals surface area contributed by atoms with Gasteiger partial charge in [-0.05, 0) is 18.2 Å². The molecule has 1 aromatic carbocycles. The van der Waals surface area contributed by atoms with E-state index < -0.39 is 17.1 Å². The van der Waals surface area contributed by atoms with Crippen molar-refractivity contribution in [1.29, 1.82) is 0 Å². The fourth-order valence-corrected chi connectivity index (χ4v) is 1.59. The Hall–Kier alpha value is -1.88. The summed E-state index contributed by atoms with van der Waals surface area (Å²) in [5, 5.41) is 0.126. The molecule has 0 unspecified atom stereocenters. The molecule has 0 atom stereocenters. The number of aromatic amines is 2. The molecule has 0 bridgehead atoms. The van der Waals surface area contributed by atoms with Crippen molar-refractivity contribution in [2.75, 3.05) is 0 Å². The highest BCUT2D eigenvalue weighted by Crippen LogP contribution is 2.25. The third kappa shape index (κ3) is 2.04. The molecule has 0 saturated carbocycles. The first-order chi connectivity index (χ1) is 7.56. The second kappa shape index (κ2) is 3.94. The van der Waals surface area contributed by atoms with E-state index in [1.165, 1.54) is 18.2 Å². The molecule has 0 amide bonds. The molecule has 16 heavy (non-hydrogen) atoms. The van der Waals surface area contributed by atoms with Crippen LogP contribution in [0.3, 0.4) is 0 Å². The fourth-order valence-electron chi connectivity index (χ4n) is 1.32. The summed E-state index contributed by atoms with van der Waals surface area (Å²) in [5.41, 5.74) is -0.535. The first-order valence-electron chi connectivity index (χ1n) is 4.35. The van der Waals surface area contributed by atoms with Gasteiger partial charge in [0.15, 0.2) is 0 Å². The smallest absolute Gasteiger partial charge is 0.307 e. The number of halogens is 2. The van der Waals surface area contributed by atoms with Crippen LogP contribution in [0.1, 0.15) is 0 Å². The molecule has 0 aliphatic carbocycles. The van der Waals surface area contributed by atoms with Gasteiger partial charge in [-0.25, -0.2) is 9.18 Å². The van der Waals surface area contributed by atoms with Crippen LogP contribution in [-0.2, 0) is 0 Å². The normalized spacial score (nSPS) is 10.4. The molecule has 0 radical (unpaired) electrons. The summed E-state index contributed by atoms with van der Waals surface area (Å²) in [7, 11) is 0. The van der Waals surface area contributed by atoms with Gasteiger partial charge in [0.1, 0.15) is 5.82 Å². The van der Waals surface area contributed by atoms with Crippen molar-refractivity contribution in [2.45, 2.75) is 0 Å². The van der Waals surface area contributed by atoms with Gasteiger partial charge in [0, 0.05) is 11.6 Å². The average molecular weight is 241 g/mol. The maximum Gasteiger partial charge on any atom is 0.326 e. The minimum absolute atomic E-state index is 0.126. The zero-order valence-electron chi connectivity index (χ0n) is 7.88. The Labute approximate surface area is 93.7 Å². The number of benzene rings is 1. The number of rotatable bonds is 1. The van der Waals surface area contributed by atoms with Gasteiger partial charge in [-0.1, -0.05) is 11.6 Å². The van der Waals surface area contributed by atoms with Gasteiger partial charge in [0.05, 0.1) is 10.7 Å². The predicted octanol–water partition coefficient (Wildman–Crippen LogP) is 1.52. The quantitative estimate of drug-likeness (QED) is 0.794. The Bertz CT molecular complexity index is 620. The summed E-state index contributed by atoms with van der Waals surface area (Å²) < 4.78 is 12.8. The molecule has 4 nitrogen and oxygen atoms in total. The Morgan fingerprint density at radius 1 is 1.12 bits per heavy atom. The van der Waals surface area contributed by atoms with Crippen molar-refractivity contribution in [2.24, 2.45) is 0 Å². The summed E-state index contributed by atoms with van der Waals surface area (Å²) in [4.78, 5) is 26.5. The van der Waals surface area contributed by atoms with E-state index in [0.717, 1.165) is 6.07 Å². The van der Waals surface area contributed by atoms with Crippen LogP contribution in [-0.4, -0.2) is 9.97 Å². The SMILES string of the molecule is O=c1cc(-c2ccc(F)cc2Cl)[nH]c(=O)[nH]1. The standard InChI is InChI=1S/C10H6ClFN2O2/c11-7-3-5(12)1-2-6(7)8-4-9(15)14-10(16)13-8/h1-4H,(H2,13,14,15,16). The van der Waals surface area contributed by atoms with Gasteiger partial charge in [-0.2, -0.15) is 0 Å². The van der Waals surface area contributed by atoms with E-state index in [-0.39, 0.29) is 10.7 Å². The molecule has 0 spiro atoms. The summed E-state index contributed by atoms with van der Waals surface area (Å²) >= 11 is 5.79. The Morgan fingerprint density at radius 2 is 1.88 bits per heavy atom. The van der Waals surface area contributed by atoms with Gasteiger partial charge >= 0.3 is 5.69 Å². The van der Waals surface area contributed by atoms with E-state index in [1.54, 1.807) is 0 Å². The van der Waals surface area contributed by atoms with E-state index in [9.17, 15) is 14.0 Å². The maximum atomic E-state index is 12.8. The first-order valence-corrected chi connectivity index (χ1v) is 4.73. The van der Waals surface area contributed by atoms with Crippen molar-refractivity contribution in [3.05, 3.63) is 55.9 Å². The summed E-state index contributed by atoms with van der Waals surface area (Å²) in [6, 6.07) is 4.88. The molecule has 0 aliphatic rings. The lowest BCUT2D eigenvalue weighted by Crippen LogP contribution is -2.21. The van der Waals surface area contributed by atoms with Crippen molar-refractivity contribution >= 4 is 11.6 Å². The second-order valence-electron chi connectivity index (χ2n) is 3.13. The molecular weight excluding hydrogens is 235 g/mol. The van der Waals surface area contributed by atoms with Crippen LogP contribution in [0.4, 0.5) is 4.39 Å². The summed E-state index contributed by atoms with van der Waals surface area (Å²) in [5.74, 6) is -0.485. The third-order valence-electron chi connectivity index (χ3n) is 1.98. The van der Waals surface area contributed by atoms with Crippen molar-refractivity contribution < 1.29 is 4.39 Å². The van der Waals surface area contributed by atoms with Crippen LogP contribution in [0.15, 0.2) is 33.9 Å². The molecule has 2 N–H and O–H groups in total. The van der Waals surface area contributed by atoms with Crippen LogP contribution >= 0.6 is 11.6 Å². The number of hydrogen-bond acceptors (Lipinski definition) is 2. The molecule has 2 aromatic rings. The highest BCUT2D eigenvalue weighted by molar-refractivity contribution is 6.33. The van der Waals surface area contributed by atoms with Gasteiger partial charge in [0.2, 0.25) is 0 Å². The van der Waals surface area contributed by atoms with Gasteiger partial charge in [0.25, 0.3) is 5.56 Å². The fraction of sp³-hybridized carbons (Fsp3) is 0. The molecule has 2 rings (SSSR count). The van der Waals surface area contributed by atoms with Gasteiger partial charge in [-0.3, -0.25) is 9.78 Å². The molecule has 6 heteroatoms. The lowest BCUT2D eigenvalue weighted by atomic mass is 10.1.